The fourth-order valence-electron chi connectivity index (χ4n) is 2.23. The zero-order chi connectivity index (χ0) is 11.6. The molecule has 1 fully saturated rings. The highest BCUT2D eigenvalue weighted by molar-refractivity contribution is 7.99. The maximum absolute atomic E-state index is 10.7. The second-order valence-electron chi connectivity index (χ2n) is 4.61. The minimum Gasteiger partial charge on any atom is -0.385 e. The van der Waals surface area contributed by atoms with E-state index in [0.29, 0.717) is 12.5 Å². The van der Waals surface area contributed by atoms with Crippen molar-refractivity contribution in [3.8, 4) is 0 Å². The highest BCUT2D eigenvalue weighted by atomic mass is 32.2. The Morgan fingerprint density at radius 2 is 2.38 bits per heavy atom. The van der Waals surface area contributed by atoms with Gasteiger partial charge in [-0.25, -0.2) is 0 Å². The molecule has 1 aromatic carbocycles. The topological polar surface area (TPSA) is 46.2 Å². The molecule has 0 radical (unpaired) electrons. The van der Waals surface area contributed by atoms with Gasteiger partial charge in [0.05, 0.1) is 5.60 Å². The maximum atomic E-state index is 10.7. The maximum Gasteiger partial charge on any atom is 0.0904 e. The van der Waals surface area contributed by atoms with Crippen LogP contribution in [0, 0.1) is 5.92 Å². The van der Waals surface area contributed by atoms with Gasteiger partial charge in [0.2, 0.25) is 0 Å². The predicted molar refractivity (Wildman–Crippen MR) is 69.3 cm³/mol. The van der Waals surface area contributed by atoms with E-state index in [9.17, 15) is 5.11 Å². The Bertz CT molecular complexity index is 359. The molecule has 0 aromatic heterocycles. The SMILES string of the molecule is CC(O)(c1cccc(CN)c1)C1CCSC1. The Morgan fingerprint density at radius 3 is 3.00 bits per heavy atom. The van der Waals surface area contributed by atoms with Gasteiger partial charge >= 0.3 is 0 Å². The van der Waals surface area contributed by atoms with E-state index in [1.54, 1.807) is 0 Å². The zero-order valence-corrected chi connectivity index (χ0v) is 10.5. The number of benzene rings is 1. The molecule has 3 heteroatoms. The van der Waals surface area contributed by atoms with E-state index < -0.39 is 5.60 Å². The number of thioether (sulfide) groups is 1. The molecule has 0 amide bonds. The van der Waals surface area contributed by atoms with E-state index in [1.807, 2.05) is 43.0 Å². The van der Waals surface area contributed by atoms with Gasteiger partial charge in [0.1, 0.15) is 0 Å². The summed E-state index contributed by atoms with van der Waals surface area (Å²) in [6.07, 6.45) is 1.10. The molecule has 2 nitrogen and oxygen atoms in total. The fraction of sp³-hybridized carbons (Fsp3) is 0.538. The average Bonchev–Trinajstić information content (AvgIpc) is 2.83. The number of hydrogen-bond acceptors (Lipinski definition) is 3. The van der Waals surface area contributed by atoms with Crippen molar-refractivity contribution in [1.29, 1.82) is 0 Å². The van der Waals surface area contributed by atoms with Gasteiger partial charge in [-0.1, -0.05) is 24.3 Å². The molecular weight excluding hydrogens is 218 g/mol. The van der Waals surface area contributed by atoms with Gasteiger partial charge in [-0.15, -0.1) is 0 Å². The Balaban J connectivity index is 2.26. The summed E-state index contributed by atoms with van der Waals surface area (Å²) in [4.78, 5) is 0. The van der Waals surface area contributed by atoms with E-state index in [1.165, 1.54) is 0 Å². The van der Waals surface area contributed by atoms with Crippen LogP contribution in [0.3, 0.4) is 0 Å². The molecule has 2 rings (SSSR count). The fourth-order valence-corrected chi connectivity index (χ4v) is 3.62. The first-order valence-electron chi connectivity index (χ1n) is 5.74. The van der Waals surface area contributed by atoms with E-state index in [-0.39, 0.29) is 0 Å². The largest absolute Gasteiger partial charge is 0.385 e. The predicted octanol–water partition coefficient (Wildman–Crippen LogP) is 2.11. The lowest BCUT2D eigenvalue weighted by Gasteiger charge is -2.30. The highest BCUT2D eigenvalue weighted by Crippen LogP contribution is 2.38. The Hall–Kier alpha value is -0.510. The number of rotatable bonds is 3. The zero-order valence-electron chi connectivity index (χ0n) is 9.65. The summed E-state index contributed by atoms with van der Waals surface area (Å²) in [5, 5.41) is 10.7. The molecule has 1 aliphatic heterocycles. The van der Waals surface area contributed by atoms with Crippen LogP contribution < -0.4 is 5.73 Å². The van der Waals surface area contributed by atoms with Crippen molar-refractivity contribution in [3.63, 3.8) is 0 Å². The van der Waals surface area contributed by atoms with Crippen molar-refractivity contribution < 1.29 is 5.11 Å². The van der Waals surface area contributed by atoms with Crippen LogP contribution in [0.1, 0.15) is 24.5 Å². The van der Waals surface area contributed by atoms with Crippen molar-refractivity contribution in [3.05, 3.63) is 35.4 Å². The standard InChI is InChI=1S/C13H19NOS/c1-13(15,12-5-6-16-9-12)11-4-2-3-10(7-11)8-14/h2-4,7,12,15H,5-6,8-9,14H2,1H3. The van der Waals surface area contributed by atoms with E-state index in [0.717, 1.165) is 29.1 Å². The van der Waals surface area contributed by atoms with Crippen molar-refractivity contribution in [2.75, 3.05) is 11.5 Å². The molecule has 0 aliphatic carbocycles. The van der Waals surface area contributed by atoms with Crippen molar-refractivity contribution in [2.24, 2.45) is 11.7 Å². The first-order valence-corrected chi connectivity index (χ1v) is 6.89. The van der Waals surface area contributed by atoms with Crippen molar-refractivity contribution >= 4 is 11.8 Å². The first-order chi connectivity index (χ1) is 7.64. The molecule has 16 heavy (non-hydrogen) atoms. The average molecular weight is 237 g/mol. The summed E-state index contributed by atoms with van der Waals surface area (Å²) in [6, 6.07) is 8.02. The summed E-state index contributed by atoms with van der Waals surface area (Å²) in [7, 11) is 0. The van der Waals surface area contributed by atoms with Gasteiger partial charge in [-0.3, -0.25) is 0 Å². The van der Waals surface area contributed by atoms with E-state index in [2.05, 4.69) is 0 Å². The first kappa shape index (κ1) is 12.0. The summed E-state index contributed by atoms with van der Waals surface area (Å²) in [6.45, 7) is 2.46. The summed E-state index contributed by atoms with van der Waals surface area (Å²) >= 11 is 1.93. The third kappa shape index (κ3) is 2.26. The monoisotopic (exact) mass is 237 g/mol. The van der Waals surface area contributed by atoms with Crippen LogP contribution in [0.25, 0.3) is 0 Å². The molecule has 3 N–H and O–H groups in total. The summed E-state index contributed by atoms with van der Waals surface area (Å²) < 4.78 is 0. The van der Waals surface area contributed by atoms with Gasteiger partial charge in [-0.05, 0) is 36.0 Å². The molecule has 1 saturated heterocycles. The third-order valence-corrected chi connectivity index (χ3v) is 4.63. The van der Waals surface area contributed by atoms with Crippen LogP contribution >= 0.6 is 11.8 Å². The lowest BCUT2D eigenvalue weighted by atomic mass is 9.82. The molecule has 0 spiro atoms. The smallest absolute Gasteiger partial charge is 0.0904 e. The van der Waals surface area contributed by atoms with Crippen LogP contribution in [0.15, 0.2) is 24.3 Å². The molecule has 1 heterocycles. The molecule has 0 bridgehead atoms. The van der Waals surface area contributed by atoms with Gasteiger partial charge < -0.3 is 10.8 Å². The van der Waals surface area contributed by atoms with Gasteiger partial charge in [-0.2, -0.15) is 11.8 Å². The van der Waals surface area contributed by atoms with Crippen LogP contribution in [-0.4, -0.2) is 16.6 Å². The Labute approximate surface area is 101 Å². The minimum atomic E-state index is -0.714. The van der Waals surface area contributed by atoms with E-state index in [4.69, 9.17) is 5.73 Å². The highest BCUT2D eigenvalue weighted by Gasteiger charge is 2.35. The molecule has 0 saturated carbocycles. The number of hydrogen-bond donors (Lipinski definition) is 2. The second kappa shape index (κ2) is 4.78. The minimum absolute atomic E-state index is 0.366. The second-order valence-corrected chi connectivity index (χ2v) is 5.76. The molecule has 2 atom stereocenters. The molecule has 2 unspecified atom stereocenters. The Kier molecular flexibility index (Phi) is 3.57. The van der Waals surface area contributed by atoms with Gasteiger partial charge in [0.15, 0.2) is 0 Å². The van der Waals surface area contributed by atoms with Crippen molar-refractivity contribution in [1.82, 2.24) is 0 Å². The quantitative estimate of drug-likeness (QED) is 0.846. The van der Waals surface area contributed by atoms with Crippen LogP contribution in [0.4, 0.5) is 0 Å². The third-order valence-electron chi connectivity index (χ3n) is 3.47. The van der Waals surface area contributed by atoms with Crippen LogP contribution in [0.5, 0.6) is 0 Å². The normalized spacial score (nSPS) is 24.3. The summed E-state index contributed by atoms with van der Waals surface area (Å²) in [5.74, 6) is 2.59. The molecular formula is C13H19NOS. The van der Waals surface area contributed by atoms with Gasteiger partial charge in [0.25, 0.3) is 0 Å². The number of aliphatic hydroxyl groups is 1. The van der Waals surface area contributed by atoms with E-state index >= 15 is 0 Å². The lowest BCUT2D eigenvalue weighted by Crippen LogP contribution is -2.31. The molecule has 88 valence electrons. The molecule has 1 aliphatic rings. The molecule has 1 aromatic rings. The van der Waals surface area contributed by atoms with Crippen LogP contribution in [0.2, 0.25) is 0 Å². The summed E-state index contributed by atoms with van der Waals surface area (Å²) in [5.41, 5.74) is 7.01. The Morgan fingerprint density at radius 1 is 1.56 bits per heavy atom. The van der Waals surface area contributed by atoms with Gasteiger partial charge in [0, 0.05) is 12.5 Å². The number of nitrogens with two attached hydrogens (primary N) is 1. The van der Waals surface area contributed by atoms with Crippen LogP contribution in [-0.2, 0) is 12.1 Å². The van der Waals surface area contributed by atoms with Crippen molar-refractivity contribution in [2.45, 2.75) is 25.5 Å². The lowest BCUT2D eigenvalue weighted by molar-refractivity contribution is 0.00468.